The van der Waals surface area contributed by atoms with Crippen LogP contribution in [-0.2, 0) is 9.53 Å². The molecule has 2 rings (SSSR count). The number of anilines is 1. The molecule has 5 heteroatoms. The summed E-state index contributed by atoms with van der Waals surface area (Å²) in [5, 5.41) is 3.78. The van der Waals surface area contributed by atoms with Crippen molar-refractivity contribution >= 4 is 39.2 Å². The molecule has 2 aromatic carbocycles. The SMILES string of the molecule is COC(=O)C(Nc1cccc(Br)c1)c1ccc(Cl)cc1. The minimum Gasteiger partial charge on any atom is -0.467 e. The smallest absolute Gasteiger partial charge is 0.332 e. The van der Waals surface area contributed by atoms with E-state index in [9.17, 15) is 4.79 Å². The molecule has 0 aliphatic rings. The van der Waals surface area contributed by atoms with Crippen LogP contribution in [0, 0.1) is 0 Å². The molecule has 0 saturated carbocycles. The van der Waals surface area contributed by atoms with Gasteiger partial charge >= 0.3 is 5.97 Å². The average Bonchev–Trinajstić information content (AvgIpc) is 2.45. The van der Waals surface area contributed by atoms with Gasteiger partial charge in [0.15, 0.2) is 6.04 Å². The highest BCUT2D eigenvalue weighted by atomic mass is 79.9. The Balaban J connectivity index is 2.28. The Morgan fingerprint density at radius 1 is 1.25 bits per heavy atom. The second-order valence-corrected chi connectivity index (χ2v) is 5.51. The van der Waals surface area contributed by atoms with Crippen molar-refractivity contribution in [2.24, 2.45) is 0 Å². The molecule has 20 heavy (non-hydrogen) atoms. The van der Waals surface area contributed by atoms with E-state index in [0.29, 0.717) is 5.02 Å². The van der Waals surface area contributed by atoms with Gasteiger partial charge in [-0.15, -0.1) is 0 Å². The van der Waals surface area contributed by atoms with E-state index in [2.05, 4.69) is 21.2 Å². The first-order valence-electron chi connectivity index (χ1n) is 5.95. The van der Waals surface area contributed by atoms with Gasteiger partial charge in [-0.2, -0.15) is 0 Å². The van der Waals surface area contributed by atoms with Gasteiger partial charge in [-0.3, -0.25) is 0 Å². The number of carbonyl (C=O) groups excluding carboxylic acids is 1. The topological polar surface area (TPSA) is 38.3 Å². The molecule has 0 spiro atoms. The minimum atomic E-state index is -0.577. The molecule has 1 N–H and O–H groups in total. The summed E-state index contributed by atoms with van der Waals surface area (Å²) >= 11 is 9.27. The third-order valence-electron chi connectivity index (χ3n) is 2.78. The highest BCUT2D eigenvalue weighted by Gasteiger charge is 2.21. The molecule has 0 amide bonds. The van der Waals surface area contributed by atoms with Gasteiger partial charge in [0.05, 0.1) is 7.11 Å². The molecule has 0 heterocycles. The van der Waals surface area contributed by atoms with Gasteiger partial charge in [-0.1, -0.05) is 45.7 Å². The van der Waals surface area contributed by atoms with Crippen molar-refractivity contribution in [2.75, 3.05) is 12.4 Å². The second-order valence-electron chi connectivity index (χ2n) is 4.16. The molecule has 0 aliphatic heterocycles. The first-order chi connectivity index (χ1) is 9.60. The summed E-state index contributed by atoms with van der Waals surface area (Å²) in [5.41, 5.74) is 1.62. The first-order valence-corrected chi connectivity index (χ1v) is 7.12. The van der Waals surface area contributed by atoms with Crippen LogP contribution in [0.3, 0.4) is 0 Å². The lowest BCUT2D eigenvalue weighted by molar-refractivity contribution is -0.141. The van der Waals surface area contributed by atoms with Crippen LogP contribution in [0.2, 0.25) is 5.02 Å². The van der Waals surface area contributed by atoms with Crippen molar-refractivity contribution < 1.29 is 9.53 Å². The lowest BCUT2D eigenvalue weighted by atomic mass is 10.1. The van der Waals surface area contributed by atoms with Gasteiger partial charge in [-0.05, 0) is 35.9 Å². The second kappa shape index (κ2) is 6.77. The van der Waals surface area contributed by atoms with Crippen molar-refractivity contribution in [3.63, 3.8) is 0 Å². The fourth-order valence-corrected chi connectivity index (χ4v) is 2.32. The molecule has 0 aromatic heterocycles. The van der Waals surface area contributed by atoms with Crippen LogP contribution in [0.15, 0.2) is 53.0 Å². The molecule has 0 radical (unpaired) electrons. The molecule has 1 atom stereocenters. The zero-order chi connectivity index (χ0) is 14.5. The van der Waals surface area contributed by atoms with Crippen LogP contribution in [0.4, 0.5) is 5.69 Å². The number of benzene rings is 2. The number of hydrogen-bond donors (Lipinski definition) is 1. The summed E-state index contributed by atoms with van der Waals surface area (Å²) in [6.07, 6.45) is 0. The number of carbonyl (C=O) groups is 1. The van der Waals surface area contributed by atoms with Crippen molar-refractivity contribution in [2.45, 2.75) is 6.04 Å². The minimum absolute atomic E-state index is 0.354. The standard InChI is InChI=1S/C15H13BrClNO2/c1-20-15(19)14(10-5-7-12(17)8-6-10)18-13-4-2-3-11(16)9-13/h2-9,14,18H,1H3. The summed E-state index contributed by atoms with van der Waals surface area (Å²) in [7, 11) is 1.37. The highest BCUT2D eigenvalue weighted by Crippen LogP contribution is 2.24. The molecule has 2 aromatic rings. The van der Waals surface area contributed by atoms with E-state index < -0.39 is 6.04 Å². The molecule has 1 unspecified atom stereocenters. The van der Waals surface area contributed by atoms with Gasteiger partial charge in [0.25, 0.3) is 0 Å². The zero-order valence-electron chi connectivity index (χ0n) is 10.8. The quantitative estimate of drug-likeness (QED) is 0.826. The summed E-state index contributed by atoms with van der Waals surface area (Å²) in [6.45, 7) is 0. The van der Waals surface area contributed by atoms with Crippen molar-refractivity contribution in [1.29, 1.82) is 0 Å². The van der Waals surface area contributed by atoms with E-state index >= 15 is 0 Å². The third-order valence-corrected chi connectivity index (χ3v) is 3.52. The lowest BCUT2D eigenvalue weighted by Crippen LogP contribution is -2.22. The average molecular weight is 355 g/mol. The Kier molecular flexibility index (Phi) is 5.04. The van der Waals surface area contributed by atoms with Gasteiger partial charge in [0, 0.05) is 15.2 Å². The number of hydrogen-bond acceptors (Lipinski definition) is 3. The van der Waals surface area contributed by atoms with Gasteiger partial charge < -0.3 is 10.1 Å². The Morgan fingerprint density at radius 3 is 2.55 bits per heavy atom. The molecule has 0 saturated heterocycles. The van der Waals surface area contributed by atoms with E-state index in [1.54, 1.807) is 24.3 Å². The summed E-state index contributed by atoms with van der Waals surface area (Å²) in [4.78, 5) is 12.0. The highest BCUT2D eigenvalue weighted by molar-refractivity contribution is 9.10. The largest absolute Gasteiger partial charge is 0.467 e. The Labute approximate surface area is 131 Å². The molecular formula is C15H13BrClNO2. The van der Waals surface area contributed by atoms with Crippen LogP contribution in [0.1, 0.15) is 11.6 Å². The molecule has 0 bridgehead atoms. The Bertz CT molecular complexity index is 601. The monoisotopic (exact) mass is 353 g/mol. The predicted molar refractivity (Wildman–Crippen MR) is 84.0 cm³/mol. The number of esters is 1. The van der Waals surface area contributed by atoms with Gasteiger partial charge in [0.2, 0.25) is 0 Å². The summed E-state index contributed by atoms with van der Waals surface area (Å²) in [6, 6.07) is 14.1. The van der Waals surface area contributed by atoms with Crippen molar-refractivity contribution in [3.05, 3.63) is 63.6 Å². The fraction of sp³-hybridized carbons (Fsp3) is 0.133. The Morgan fingerprint density at radius 2 is 1.95 bits per heavy atom. The first kappa shape index (κ1) is 14.9. The number of methoxy groups -OCH3 is 1. The summed E-state index contributed by atoms with van der Waals surface area (Å²) < 4.78 is 5.79. The fourth-order valence-electron chi connectivity index (χ4n) is 1.80. The Hall–Kier alpha value is -1.52. The van der Waals surface area contributed by atoms with Gasteiger partial charge in [-0.25, -0.2) is 4.79 Å². The summed E-state index contributed by atoms with van der Waals surface area (Å²) in [5.74, 6) is -0.354. The van der Waals surface area contributed by atoms with Gasteiger partial charge in [0.1, 0.15) is 0 Å². The number of rotatable bonds is 4. The van der Waals surface area contributed by atoms with E-state index in [1.807, 2.05) is 24.3 Å². The van der Waals surface area contributed by atoms with E-state index in [0.717, 1.165) is 15.7 Å². The molecular weight excluding hydrogens is 342 g/mol. The van der Waals surface area contributed by atoms with Crippen molar-refractivity contribution in [1.82, 2.24) is 0 Å². The van der Waals surface area contributed by atoms with Crippen LogP contribution < -0.4 is 5.32 Å². The normalized spacial score (nSPS) is 11.8. The van der Waals surface area contributed by atoms with Crippen LogP contribution >= 0.6 is 27.5 Å². The molecule has 0 fully saturated rings. The van der Waals surface area contributed by atoms with E-state index in [-0.39, 0.29) is 5.97 Å². The molecule has 0 aliphatic carbocycles. The number of halogens is 2. The van der Waals surface area contributed by atoms with E-state index in [4.69, 9.17) is 16.3 Å². The maximum absolute atomic E-state index is 12.0. The molecule has 104 valence electrons. The number of nitrogens with one attached hydrogen (secondary N) is 1. The maximum atomic E-state index is 12.0. The van der Waals surface area contributed by atoms with Crippen LogP contribution in [0.25, 0.3) is 0 Å². The van der Waals surface area contributed by atoms with Crippen LogP contribution in [-0.4, -0.2) is 13.1 Å². The van der Waals surface area contributed by atoms with Crippen LogP contribution in [0.5, 0.6) is 0 Å². The predicted octanol–water partition coefficient (Wildman–Crippen LogP) is 4.43. The lowest BCUT2D eigenvalue weighted by Gasteiger charge is -2.18. The molecule has 3 nitrogen and oxygen atoms in total. The number of ether oxygens (including phenoxy) is 1. The van der Waals surface area contributed by atoms with Crippen molar-refractivity contribution in [3.8, 4) is 0 Å². The maximum Gasteiger partial charge on any atom is 0.332 e. The third kappa shape index (κ3) is 3.74. The van der Waals surface area contributed by atoms with E-state index in [1.165, 1.54) is 7.11 Å². The zero-order valence-corrected chi connectivity index (χ0v) is 13.1.